The third kappa shape index (κ3) is 3.77. The molecule has 0 aliphatic carbocycles. The summed E-state index contributed by atoms with van der Waals surface area (Å²) in [5.74, 6) is -0.286. The Morgan fingerprint density at radius 2 is 1.68 bits per heavy atom. The third-order valence-electron chi connectivity index (χ3n) is 3.20. The maximum Gasteiger partial charge on any atom is 0.416 e. The van der Waals surface area contributed by atoms with E-state index in [2.05, 4.69) is 20.5 Å². The molecule has 0 unspecified atom stereocenters. The van der Waals surface area contributed by atoms with Crippen molar-refractivity contribution in [2.24, 2.45) is 0 Å². The first kappa shape index (κ1) is 16.9. The number of benzene rings is 1. The number of nitrogens with zero attached hydrogens (tertiary/aromatic N) is 4. The Morgan fingerprint density at radius 1 is 1.04 bits per heavy atom. The van der Waals surface area contributed by atoms with Crippen molar-refractivity contribution in [1.29, 1.82) is 0 Å². The Bertz CT molecular complexity index is 895. The second-order valence-corrected chi connectivity index (χ2v) is 5.31. The number of pyridine rings is 1. The molecule has 1 amide bonds. The number of carbonyl (C=O) groups excluding carboxylic acids is 1. The highest BCUT2D eigenvalue weighted by Crippen LogP contribution is 2.30. The van der Waals surface area contributed by atoms with Crippen LogP contribution in [-0.2, 0) is 6.18 Å². The summed E-state index contributed by atoms with van der Waals surface area (Å²) >= 11 is 5.99. The van der Waals surface area contributed by atoms with Crippen molar-refractivity contribution in [3.8, 4) is 5.82 Å². The van der Waals surface area contributed by atoms with Gasteiger partial charge in [0.1, 0.15) is 24.2 Å². The number of amides is 1. The Morgan fingerprint density at radius 3 is 2.28 bits per heavy atom. The van der Waals surface area contributed by atoms with Gasteiger partial charge in [0.25, 0.3) is 5.91 Å². The Hall–Kier alpha value is -2.94. The molecule has 1 aromatic carbocycles. The van der Waals surface area contributed by atoms with Gasteiger partial charge in [-0.1, -0.05) is 11.6 Å². The van der Waals surface area contributed by atoms with Gasteiger partial charge in [0.2, 0.25) is 0 Å². The van der Waals surface area contributed by atoms with Crippen molar-refractivity contribution in [3.05, 3.63) is 65.3 Å². The van der Waals surface area contributed by atoms with Gasteiger partial charge in [-0.25, -0.2) is 4.98 Å². The fraction of sp³-hybridized carbons (Fsp3) is 0.0667. The number of nitrogens with one attached hydrogen (secondary N) is 1. The number of aromatic nitrogens is 4. The molecule has 6 nitrogen and oxygen atoms in total. The summed E-state index contributed by atoms with van der Waals surface area (Å²) in [6.07, 6.45) is -1.65. The monoisotopic (exact) mass is 367 g/mol. The molecule has 0 aliphatic heterocycles. The van der Waals surface area contributed by atoms with E-state index in [-0.39, 0.29) is 16.4 Å². The molecule has 0 saturated heterocycles. The first-order valence-corrected chi connectivity index (χ1v) is 7.22. The van der Waals surface area contributed by atoms with Crippen molar-refractivity contribution in [2.75, 3.05) is 5.32 Å². The molecule has 0 radical (unpaired) electrons. The van der Waals surface area contributed by atoms with E-state index in [9.17, 15) is 18.0 Å². The normalized spacial score (nSPS) is 11.4. The SMILES string of the molecule is O=C(Nc1ccc(C(F)(F)F)cc1)c1nc(-n2cnnc2)ccc1Cl. The molecule has 2 aromatic heterocycles. The smallest absolute Gasteiger partial charge is 0.321 e. The first-order chi connectivity index (χ1) is 11.8. The molecule has 25 heavy (non-hydrogen) atoms. The van der Waals surface area contributed by atoms with Crippen LogP contribution < -0.4 is 5.32 Å². The van der Waals surface area contributed by atoms with Crippen LogP contribution in [0.1, 0.15) is 16.1 Å². The van der Waals surface area contributed by atoms with Crippen molar-refractivity contribution < 1.29 is 18.0 Å². The topological polar surface area (TPSA) is 72.7 Å². The average Bonchev–Trinajstić information content (AvgIpc) is 3.09. The predicted octanol–water partition coefficient (Wildman–Crippen LogP) is 3.59. The minimum Gasteiger partial charge on any atom is -0.321 e. The highest BCUT2D eigenvalue weighted by molar-refractivity contribution is 6.34. The molecular formula is C15H9ClF3N5O. The lowest BCUT2D eigenvalue weighted by molar-refractivity contribution is -0.137. The Balaban J connectivity index is 1.83. The number of anilines is 1. The van der Waals surface area contributed by atoms with Crippen LogP contribution in [0, 0.1) is 0 Å². The Labute approximate surface area is 144 Å². The lowest BCUT2D eigenvalue weighted by Crippen LogP contribution is -2.15. The highest BCUT2D eigenvalue weighted by Gasteiger charge is 2.30. The zero-order valence-corrected chi connectivity index (χ0v) is 13.1. The third-order valence-corrected chi connectivity index (χ3v) is 3.50. The van der Waals surface area contributed by atoms with Crippen LogP contribution in [0.5, 0.6) is 0 Å². The molecule has 2 heterocycles. The molecule has 0 spiro atoms. The van der Waals surface area contributed by atoms with Crippen LogP contribution in [0.15, 0.2) is 49.1 Å². The van der Waals surface area contributed by atoms with Crippen molar-refractivity contribution >= 4 is 23.2 Å². The number of hydrogen-bond acceptors (Lipinski definition) is 4. The standard InChI is InChI=1S/C15H9ClF3N5O/c16-11-5-6-12(24-7-20-21-8-24)23-13(11)14(25)22-10-3-1-9(2-4-10)15(17,18)19/h1-8H,(H,22,25). The highest BCUT2D eigenvalue weighted by atomic mass is 35.5. The molecule has 3 rings (SSSR count). The molecule has 10 heteroatoms. The van der Waals surface area contributed by atoms with E-state index in [4.69, 9.17) is 11.6 Å². The van der Waals surface area contributed by atoms with E-state index in [0.29, 0.717) is 5.82 Å². The summed E-state index contributed by atoms with van der Waals surface area (Å²) in [7, 11) is 0. The van der Waals surface area contributed by atoms with Gasteiger partial charge in [0.15, 0.2) is 0 Å². The summed E-state index contributed by atoms with van der Waals surface area (Å²) in [5.41, 5.74) is -0.699. The van der Waals surface area contributed by atoms with Crippen LogP contribution in [0.2, 0.25) is 5.02 Å². The number of carbonyl (C=O) groups is 1. The maximum atomic E-state index is 12.6. The molecule has 0 fully saturated rings. The summed E-state index contributed by atoms with van der Waals surface area (Å²) in [6, 6.07) is 7.10. The first-order valence-electron chi connectivity index (χ1n) is 6.85. The number of hydrogen-bond donors (Lipinski definition) is 1. The van der Waals surface area contributed by atoms with Gasteiger partial charge in [-0.3, -0.25) is 9.36 Å². The zero-order chi connectivity index (χ0) is 18.0. The molecule has 0 aliphatic rings. The van der Waals surface area contributed by atoms with Gasteiger partial charge >= 0.3 is 6.18 Å². The molecule has 0 saturated carbocycles. The van der Waals surface area contributed by atoms with E-state index >= 15 is 0 Å². The van der Waals surface area contributed by atoms with Crippen molar-refractivity contribution in [3.63, 3.8) is 0 Å². The van der Waals surface area contributed by atoms with Gasteiger partial charge < -0.3 is 5.32 Å². The molecule has 0 bridgehead atoms. The van der Waals surface area contributed by atoms with Crippen molar-refractivity contribution in [2.45, 2.75) is 6.18 Å². The van der Waals surface area contributed by atoms with E-state index in [0.717, 1.165) is 24.3 Å². The van der Waals surface area contributed by atoms with Crippen LogP contribution in [0.25, 0.3) is 5.82 Å². The summed E-state index contributed by atoms with van der Waals surface area (Å²) < 4.78 is 39.1. The van der Waals surface area contributed by atoms with Gasteiger partial charge in [0, 0.05) is 5.69 Å². The zero-order valence-electron chi connectivity index (χ0n) is 12.3. The number of halogens is 4. The van der Waals surface area contributed by atoms with E-state index in [1.54, 1.807) is 6.07 Å². The van der Waals surface area contributed by atoms with E-state index in [1.165, 1.54) is 23.3 Å². The van der Waals surface area contributed by atoms with Crippen molar-refractivity contribution in [1.82, 2.24) is 19.7 Å². The fourth-order valence-corrected chi connectivity index (χ4v) is 2.18. The molecular weight excluding hydrogens is 359 g/mol. The lowest BCUT2D eigenvalue weighted by atomic mass is 10.2. The van der Waals surface area contributed by atoms with Gasteiger partial charge in [-0.2, -0.15) is 13.2 Å². The average molecular weight is 368 g/mol. The number of rotatable bonds is 3. The van der Waals surface area contributed by atoms with E-state index < -0.39 is 17.6 Å². The van der Waals surface area contributed by atoms with Gasteiger partial charge in [-0.15, -0.1) is 10.2 Å². The second-order valence-electron chi connectivity index (χ2n) is 4.90. The van der Waals surface area contributed by atoms with Crippen LogP contribution >= 0.6 is 11.6 Å². The second kappa shape index (κ2) is 6.52. The molecule has 128 valence electrons. The fourth-order valence-electron chi connectivity index (χ4n) is 1.99. The van der Waals surface area contributed by atoms with Crippen LogP contribution in [0.3, 0.4) is 0 Å². The summed E-state index contributed by atoms with van der Waals surface area (Å²) in [5, 5.41) is 9.83. The minimum atomic E-state index is -4.44. The summed E-state index contributed by atoms with van der Waals surface area (Å²) in [6.45, 7) is 0. The molecule has 1 N–H and O–H groups in total. The van der Waals surface area contributed by atoms with E-state index in [1.807, 2.05) is 0 Å². The van der Waals surface area contributed by atoms with Crippen LogP contribution in [0.4, 0.5) is 18.9 Å². The molecule has 0 atom stereocenters. The lowest BCUT2D eigenvalue weighted by Gasteiger charge is -2.10. The summed E-state index contributed by atoms with van der Waals surface area (Å²) in [4.78, 5) is 16.4. The van der Waals surface area contributed by atoms with Gasteiger partial charge in [0.05, 0.1) is 10.6 Å². The van der Waals surface area contributed by atoms with Gasteiger partial charge in [-0.05, 0) is 36.4 Å². The molecule has 3 aromatic rings. The Kier molecular flexibility index (Phi) is 4.41. The van der Waals surface area contributed by atoms with Crippen LogP contribution in [-0.4, -0.2) is 25.7 Å². The maximum absolute atomic E-state index is 12.6. The predicted molar refractivity (Wildman–Crippen MR) is 83.6 cm³/mol. The largest absolute Gasteiger partial charge is 0.416 e. The number of alkyl halides is 3. The quantitative estimate of drug-likeness (QED) is 0.768. The minimum absolute atomic E-state index is 0.0761.